The van der Waals surface area contributed by atoms with E-state index in [1.807, 2.05) is 13.0 Å². The molecule has 0 spiro atoms. The maximum Gasteiger partial charge on any atom is 0.295 e. The van der Waals surface area contributed by atoms with E-state index in [1.165, 1.54) is 19.2 Å². The van der Waals surface area contributed by atoms with Crippen molar-refractivity contribution in [1.82, 2.24) is 4.90 Å². The van der Waals surface area contributed by atoms with Crippen molar-refractivity contribution < 1.29 is 28.6 Å². The molecule has 1 aliphatic carbocycles. The maximum atomic E-state index is 14.1. The van der Waals surface area contributed by atoms with Crippen molar-refractivity contribution in [3.63, 3.8) is 0 Å². The van der Waals surface area contributed by atoms with E-state index in [-0.39, 0.29) is 22.9 Å². The lowest BCUT2D eigenvalue weighted by Gasteiger charge is -2.35. The van der Waals surface area contributed by atoms with E-state index in [9.17, 15) is 19.1 Å². The fraction of sp³-hybridized carbons (Fsp3) is 0.385. The molecule has 1 amide bonds. The first-order valence-electron chi connectivity index (χ1n) is 11.3. The van der Waals surface area contributed by atoms with Crippen LogP contribution < -0.4 is 9.47 Å². The Morgan fingerprint density at radius 1 is 1.12 bits per heavy atom. The lowest BCUT2D eigenvalue weighted by molar-refractivity contribution is -0.141. The SMILES string of the molecule is CCOc1cccc(C2/C(=C(\O)c3cc(F)ccc3OC)C(=O)C(=O)N2C2CCCCC2)c1. The number of ether oxygens (including phenoxy) is 2. The monoisotopic (exact) mass is 453 g/mol. The lowest BCUT2D eigenvalue weighted by Crippen LogP contribution is -2.40. The van der Waals surface area contributed by atoms with Crippen LogP contribution in [0.15, 0.2) is 48.0 Å². The Balaban J connectivity index is 1.91. The van der Waals surface area contributed by atoms with E-state index < -0.39 is 29.3 Å². The van der Waals surface area contributed by atoms with Crippen molar-refractivity contribution in [2.45, 2.75) is 51.1 Å². The number of halogens is 1. The molecule has 1 unspecified atom stereocenters. The van der Waals surface area contributed by atoms with Gasteiger partial charge in [0.05, 0.1) is 30.9 Å². The number of amides is 1. The van der Waals surface area contributed by atoms with Crippen LogP contribution in [-0.2, 0) is 9.59 Å². The van der Waals surface area contributed by atoms with Gasteiger partial charge in [-0.3, -0.25) is 9.59 Å². The predicted molar refractivity (Wildman–Crippen MR) is 122 cm³/mol. The Kier molecular flexibility index (Phi) is 6.67. The molecule has 0 radical (unpaired) electrons. The standard InChI is InChI=1S/C26H28FNO5/c1-3-33-19-11-7-8-16(14-19)23-22(24(29)20-15-17(27)12-13-21(20)32-2)25(30)26(31)28(23)18-9-5-4-6-10-18/h7-8,11-15,18,23,29H,3-6,9-10H2,1-2H3/b24-22+. The van der Waals surface area contributed by atoms with Gasteiger partial charge >= 0.3 is 0 Å². The fourth-order valence-electron chi connectivity index (χ4n) is 4.86. The molecular formula is C26H28FNO5. The van der Waals surface area contributed by atoms with Crippen molar-refractivity contribution in [2.24, 2.45) is 0 Å². The summed E-state index contributed by atoms with van der Waals surface area (Å²) in [6.07, 6.45) is 4.61. The van der Waals surface area contributed by atoms with E-state index in [0.717, 1.165) is 38.2 Å². The molecule has 33 heavy (non-hydrogen) atoms. The van der Waals surface area contributed by atoms with Crippen molar-refractivity contribution >= 4 is 17.4 Å². The second-order valence-corrected chi connectivity index (χ2v) is 8.35. The van der Waals surface area contributed by atoms with Crippen molar-refractivity contribution in [3.8, 4) is 11.5 Å². The lowest BCUT2D eigenvalue weighted by atomic mass is 9.90. The molecule has 2 aromatic carbocycles. The summed E-state index contributed by atoms with van der Waals surface area (Å²) in [5.74, 6) is -1.66. The Bertz CT molecular complexity index is 1090. The molecule has 1 heterocycles. The Labute approximate surface area is 192 Å². The second kappa shape index (κ2) is 9.65. The normalized spacial score (nSPS) is 20.8. The van der Waals surface area contributed by atoms with E-state index in [2.05, 4.69) is 0 Å². The van der Waals surface area contributed by atoms with Crippen molar-refractivity contribution in [2.75, 3.05) is 13.7 Å². The molecular weight excluding hydrogens is 425 g/mol. The number of Topliss-reactive ketones (excluding diaryl/α,β-unsaturated/α-hetero) is 1. The third kappa shape index (κ3) is 4.32. The maximum absolute atomic E-state index is 14.1. The Morgan fingerprint density at radius 3 is 2.58 bits per heavy atom. The third-order valence-electron chi connectivity index (χ3n) is 6.35. The highest BCUT2D eigenvalue weighted by molar-refractivity contribution is 6.46. The van der Waals surface area contributed by atoms with Crippen LogP contribution in [0.25, 0.3) is 5.76 Å². The number of rotatable bonds is 6. The highest BCUT2D eigenvalue weighted by Gasteiger charge is 2.49. The summed E-state index contributed by atoms with van der Waals surface area (Å²) in [5, 5.41) is 11.3. The zero-order valence-electron chi connectivity index (χ0n) is 18.8. The van der Waals surface area contributed by atoms with E-state index in [0.29, 0.717) is 17.9 Å². The van der Waals surface area contributed by atoms with Gasteiger partial charge in [-0.15, -0.1) is 0 Å². The van der Waals surface area contributed by atoms with Crippen LogP contribution in [0.5, 0.6) is 11.5 Å². The van der Waals surface area contributed by atoms with E-state index >= 15 is 0 Å². The molecule has 1 atom stereocenters. The number of nitrogens with zero attached hydrogens (tertiary/aromatic N) is 1. The Hall–Kier alpha value is -3.35. The summed E-state index contributed by atoms with van der Waals surface area (Å²) in [6, 6.07) is 9.97. The van der Waals surface area contributed by atoms with Crippen LogP contribution in [0.1, 0.15) is 56.2 Å². The minimum Gasteiger partial charge on any atom is -0.507 e. The molecule has 2 aromatic rings. The zero-order chi connectivity index (χ0) is 23.5. The third-order valence-corrected chi connectivity index (χ3v) is 6.35. The van der Waals surface area contributed by atoms with Gasteiger partial charge in [0.25, 0.3) is 11.7 Å². The number of ketones is 1. The molecule has 1 saturated heterocycles. The number of aliphatic hydroxyl groups is 1. The van der Waals surface area contributed by atoms with Crippen molar-refractivity contribution in [1.29, 1.82) is 0 Å². The molecule has 1 saturated carbocycles. The summed E-state index contributed by atoms with van der Waals surface area (Å²) in [6.45, 7) is 2.34. The van der Waals surface area contributed by atoms with Crippen LogP contribution in [-0.4, -0.2) is 41.5 Å². The summed E-state index contributed by atoms with van der Waals surface area (Å²) >= 11 is 0. The van der Waals surface area contributed by atoms with Crippen LogP contribution in [0.4, 0.5) is 4.39 Å². The summed E-state index contributed by atoms with van der Waals surface area (Å²) < 4.78 is 25.0. The molecule has 2 fully saturated rings. The summed E-state index contributed by atoms with van der Waals surface area (Å²) in [7, 11) is 1.40. The Morgan fingerprint density at radius 2 is 1.88 bits per heavy atom. The summed E-state index contributed by atoms with van der Waals surface area (Å²) in [4.78, 5) is 28.1. The molecule has 4 rings (SSSR count). The minimum atomic E-state index is -0.804. The summed E-state index contributed by atoms with van der Waals surface area (Å²) in [5.41, 5.74) is 0.621. The topological polar surface area (TPSA) is 76.1 Å². The van der Waals surface area contributed by atoms with Gasteiger partial charge < -0.3 is 19.5 Å². The first kappa shape index (κ1) is 22.8. The highest BCUT2D eigenvalue weighted by Crippen LogP contribution is 2.44. The van der Waals surface area contributed by atoms with Crippen LogP contribution >= 0.6 is 0 Å². The second-order valence-electron chi connectivity index (χ2n) is 8.35. The number of benzene rings is 2. The smallest absolute Gasteiger partial charge is 0.295 e. The van der Waals surface area contributed by atoms with Gasteiger partial charge in [-0.2, -0.15) is 0 Å². The highest BCUT2D eigenvalue weighted by atomic mass is 19.1. The number of carbonyl (C=O) groups excluding carboxylic acids is 2. The fourth-order valence-corrected chi connectivity index (χ4v) is 4.86. The van der Waals surface area contributed by atoms with E-state index in [4.69, 9.17) is 9.47 Å². The molecule has 7 heteroatoms. The first-order chi connectivity index (χ1) is 16.0. The molecule has 6 nitrogen and oxygen atoms in total. The van der Waals surface area contributed by atoms with Crippen LogP contribution in [0.3, 0.4) is 0 Å². The minimum absolute atomic E-state index is 0.0325. The van der Waals surface area contributed by atoms with E-state index in [1.54, 1.807) is 23.1 Å². The van der Waals surface area contributed by atoms with Gasteiger partial charge in [-0.1, -0.05) is 31.4 Å². The molecule has 0 bridgehead atoms. The number of methoxy groups -OCH3 is 1. The number of aliphatic hydroxyl groups excluding tert-OH is 1. The largest absolute Gasteiger partial charge is 0.507 e. The number of hydrogen-bond donors (Lipinski definition) is 1. The average Bonchev–Trinajstić information content (AvgIpc) is 3.10. The zero-order valence-corrected chi connectivity index (χ0v) is 18.8. The van der Waals surface area contributed by atoms with Gasteiger partial charge in [-0.25, -0.2) is 4.39 Å². The molecule has 1 aliphatic heterocycles. The van der Waals surface area contributed by atoms with Gasteiger partial charge in [0, 0.05) is 6.04 Å². The van der Waals surface area contributed by atoms with Crippen LogP contribution in [0.2, 0.25) is 0 Å². The van der Waals surface area contributed by atoms with Gasteiger partial charge in [0.2, 0.25) is 0 Å². The average molecular weight is 454 g/mol. The number of carbonyl (C=O) groups is 2. The molecule has 174 valence electrons. The molecule has 2 aliphatic rings. The first-order valence-corrected chi connectivity index (χ1v) is 11.3. The molecule has 1 N–H and O–H groups in total. The van der Waals surface area contributed by atoms with Gasteiger partial charge in [0.1, 0.15) is 23.1 Å². The van der Waals surface area contributed by atoms with Gasteiger partial charge in [0.15, 0.2) is 0 Å². The van der Waals surface area contributed by atoms with Crippen molar-refractivity contribution in [3.05, 3.63) is 65.0 Å². The number of hydrogen-bond acceptors (Lipinski definition) is 5. The predicted octanol–water partition coefficient (Wildman–Crippen LogP) is 4.99. The van der Waals surface area contributed by atoms with Gasteiger partial charge in [-0.05, 0) is 55.7 Å². The van der Waals surface area contributed by atoms with Crippen LogP contribution in [0, 0.1) is 5.82 Å². The quantitative estimate of drug-likeness (QED) is 0.379. The number of likely N-dealkylation sites (tertiary alicyclic amines) is 1. The molecule has 0 aromatic heterocycles.